The molecule has 3 heterocycles. The standard InChI is InChI=1S/C25H28F3N5S/c1-16-15-18(17(2)33(16)21-11-6-5-9-19(21)25(26,27)28)23-22(20-10-7-8-12-29-20)30-24(34)32(23)14-13-31(3)4/h5-12,15,22-23H,13-14H2,1-4H3,(H,30,34)/t22-,23-/m0/s1. The van der Waals surface area contributed by atoms with Crippen LogP contribution in [0, 0.1) is 13.8 Å². The van der Waals surface area contributed by atoms with Gasteiger partial charge in [0.25, 0.3) is 0 Å². The fourth-order valence-electron chi connectivity index (χ4n) is 4.66. The Labute approximate surface area is 203 Å². The number of thiocarbonyl (C=S) groups is 1. The Morgan fingerprint density at radius 3 is 2.44 bits per heavy atom. The second-order valence-electron chi connectivity index (χ2n) is 8.80. The van der Waals surface area contributed by atoms with Crippen LogP contribution in [0.25, 0.3) is 5.69 Å². The minimum Gasteiger partial charge on any atom is -0.352 e. The third kappa shape index (κ3) is 4.54. The number of para-hydroxylation sites is 1. The number of nitrogens with one attached hydrogen (secondary N) is 1. The monoisotopic (exact) mass is 487 g/mol. The van der Waals surface area contributed by atoms with E-state index < -0.39 is 11.7 Å². The van der Waals surface area contributed by atoms with Gasteiger partial charge in [-0.15, -0.1) is 0 Å². The van der Waals surface area contributed by atoms with Crippen LogP contribution in [0.15, 0.2) is 54.7 Å². The van der Waals surface area contributed by atoms with E-state index in [1.807, 2.05) is 52.2 Å². The summed E-state index contributed by atoms with van der Waals surface area (Å²) < 4.78 is 43.1. The summed E-state index contributed by atoms with van der Waals surface area (Å²) in [6.45, 7) is 5.17. The minimum absolute atomic E-state index is 0.124. The Kier molecular flexibility index (Phi) is 6.69. The molecule has 0 spiro atoms. The summed E-state index contributed by atoms with van der Waals surface area (Å²) in [7, 11) is 4.00. The first-order chi connectivity index (χ1) is 16.1. The lowest BCUT2D eigenvalue weighted by Crippen LogP contribution is -2.35. The van der Waals surface area contributed by atoms with Crippen molar-refractivity contribution in [1.82, 2.24) is 24.7 Å². The van der Waals surface area contributed by atoms with Crippen LogP contribution in [-0.4, -0.2) is 51.6 Å². The molecule has 0 amide bonds. The molecule has 1 N–H and O–H groups in total. The number of pyridine rings is 1. The highest BCUT2D eigenvalue weighted by atomic mass is 32.1. The van der Waals surface area contributed by atoms with E-state index in [-0.39, 0.29) is 17.8 Å². The Hall–Kier alpha value is -2.91. The highest BCUT2D eigenvalue weighted by Crippen LogP contribution is 2.42. The zero-order chi connectivity index (χ0) is 24.6. The normalized spacial score (nSPS) is 18.6. The summed E-state index contributed by atoms with van der Waals surface area (Å²) in [6, 6.07) is 13.0. The van der Waals surface area contributed by atoms with Crippen LogP contribution >= 0.6 is 12.2 Å². The summed E-state index contributed by atoms with van der Waals surface area (Å²) >= 11 is 5.71. The van der Waals surface area contributed by atoms with Gasteiger partial charge in [-0.1, -0.05) is 18.2 Å². The molecule has 4 rings (SSSR count). The maximum absolute atomic E-state index is 13.8. The Morgan fingerprint density at radius 2 is 1.79 bits per heavy atom. The highest BCUT2D eigenvalue weighted by molar-refractivity contribution is 7.80. The molecule has 3 aromatic rings. The molecule has 0 bridgehead atoms. The second kappa shape index (κ2) is 9.38. The molecule has 1 aliphatic rings. The molecule has 0 saturated carbocycles. The molecule has 2 atom stereocenters. The van der Waals surface area contributed by atoms with E-state index in [4.69, 9.17) is 12.2 Å². The minimum atomic E-state index is -4.45. The molecule has 34 heavy (non-hydrogen) atoms. The lowest BCUT2D eigenvalue weighted by atomic mass is 9.96. The van der Waals surface area contributed by atoms with Crippen LogP contribution in [0.5, 0.6) is 0 Å². The molecule has 1 saturated heterocycles. The number of nitrogens with zero attached hydrogens (tertiary/aromatic N) is 4. The number of halogens is 3. The zero-order valence-corrected chi connectivity index (χ0v) is 20.4. The molecule has 2 aromatic heterocycles. The van der Waals surface area contributed by atoms with E-state index in [1.54, 1.807) is 16.8 Å². The van der Waals surface area contributed by atoms with E-state index in [2.05, 4.69) is 20.1 Å². The molecule has 0 unspecified atom stereocenters. The molecule has 0 radical (unpaired) electrons. The van der Waals surface area contributed by atoms with Crippen molar-refractivity contribution >= 4 is 17.3 Å². The number of likely N-dealkylation sites (N-methyl/N-ethyl adjacent to an activating group) is 1. The van der Waals surface area contributed by atoms with Crippen molar-refractivity contribution in [2.45, 2.75) is 32.1 Å². The van der Waals surface area contributed by atoms with Gasteiger partial charge in [-0.05, 0) is 76.1 Å². The third-order valence-corrected chi connectivity index (χ3v) is 6.58. The van der Waals surface area contributed by atoms with Gasteiger partial charge in [0.15, 0.2) is 5.11 Å². The van der Waals surface area contributed by atoms with Gasteiger partial charge in [0.05, 0.1) is 29.0 Å². The van der Waals surface area contributed by atoms with Crippen LogP contribution < -0.4 is 5.32 Å². The molecule has 1 fully saturated rings. The summed E-state index contributed by atoms with van der Waals surface area (Å²) in [4.78, 5) is 8.75. The number of hydrogen-bond acceptors (Lipinski definition) is 3. The predicted molar refractivity (Wildman–Crippen MR) is 131 cm³/mol. The van der Waals surface area contributed by atoms with Gasteiger partial charge in [0, 0.05) is 30.7 Å². The number of hydrogen-bond donors (Lipinski definition) is 1. The van der Waals surface area contributed by atoms with Gasteiger partial charge in [-0.2, -0.15) is 13.2 Å². The van der Waals surface area contributed by atoms with Crippen molar-refractivity contribution in [2.24, 2.45) is 0 Å². The van der Waals surface area contributed by atoms with Gasteiger partial charge >= 0.3 is 6.18 Å². The number of alkyl halides is 3. The SMILES string of the molecule is Cc1cc([C@H]2[C@H](c3ccccn3)NC(=S)N2CCN(C)C)c(C)n1-c1ccccc1C(F)(F)F. The van der Waals surface area contributed by atoms with E-state index in [0.717, 1.165) is 35.3 Å². The van der Waals surface area contributed by atoms with E-state index in [9.17, 15) is 13.2 Å². The first-order valence-corrected chi connectivity index (χ1v) is 11.5. The second-order valence-corrected chi connectivity index (χ2v) is 9.19. The van der Waals surface area contributed by atoms with Crippen LogP contribution in [0.4, 0.5) is 13.2 Å². The quantitative estimate of drug-likeness (QED) is 0.493. The van der Waals surface area contributed by atoms with Gasteiger partial charge in [0.1, 0.15) is 0 Å². The number of rotatable bonds is 6. The lowest BCUT2D eigenvalue weighted by Gasteiger charge is -2.29. The molecular formula is C25H28F3N5S. The maximum atomic E-state index is 13.8. The fourth-order valence-corrected chi connectivity index (χ4v) is 4.99. The van der Waals surface area contributed by atoms with Crippen LogP contribution in [0.2, 0.25) is 0 Å². The average Bonchev–Trinajstić information content (AvgIpc) is 3.27. The Bertz CT molecular complexity index is 1170. The van der Waals surface area contributed by atoms with Crippen LogP contribution in [-0.2, 0) is 6.18 Å². The van der Waals surface area contributed by atoms with Crippen molar-refractivity contribution in [1.29, 1.82) is 0 Å². The number of aryl methyl sites for hydroxylation is 1. The zero-order valence-electron chi connectivity index (χ0n) is 19.6. The van der Waals surface area contributed by atoms with Crippen molar-refractivity contribution in [3.8, 4) is 5.69 Å². The summed E-state index contributed by atoms with van der Waals surface area (Å²) in [5, 5.41) is 4.02. The van der Waals surface area contributed by atoms with Crippen molar-refractivity contribution < 1.29 is 13.2 Å². The van der Waals surface area contributed by atoms with Gasteiger partial charge in [-0.3, -0.25) is 4.98 Å². The molecule has 0 aliphatic carbocycles. The van der Waals surface area contributed by atoms with E-state index >= 15 is 0 Å². The molecule has 180 valence electrons. The van der Waals surface area contributed by atoms with Crippen LogP contribution in [0.1, 0.15) is 40.3 Å². The fraction of sp³-hybridized carbons (Fsp3) is 0.360. The molecular weight excluding hydrogens is 459 g/mol. The summed E-state index contributed by atoms with van der Waals surface area (Å²) in [5.41, 5.74) is 2.71. The predicted octanol–water partition coefficient (Wildman–Crippen LogP) is 5.04. The van der Waals surface area contributed by atoms with Crippen LogP contribution in [0.3, 0.4) is 0 Å². The Balaban J connectivity index is 1.85. The van der Waals surface area contributed by atoms with Crippen molar-refractivity contribution in [3.05, 3.63) is 82.9 Å². The first kappa shape index (κ1) is 24.2. The lowest BCUT2D eigenvalue weighted by molar-refractivity contribution is -0.137. The van der Waals surface area contributed by atoms with Crippen molar-refractivity contribution in [2.75, 3.05) is 27.2 Å². The van der Waals surface area contributed by atoms with Gasteiger partial charge < -0.3 is 19.7 Å². The van der Waals surface area contributed by atoms with Crippen molar-refractivity contribution in [3.63, 3.8) is 0 Å². The maximum Gasteiger partial charge on any atom is 0.418 e. The summed E-state index contributed by atoms with van der Waals surface area (Å²) in [5.74, 6) is 0. The van der Waals surface area contributed by atoms with Gasteiger partial charge in [0.2, 0.25) is 0 Å². The number of aromatic nitrogens is 2. The topological polar surface area (TPSA) is 36.3 Å². The average molecular weight is 488 g/mol. The first-order valence-electron chi connectivity index (χ1n) is 11.1. The number of benzene rings is 1. The molecule has 1 aromatic carbocycles. The molecule has 1 aliphatic heterocycles. The summed E-state index contributed by atoms with van der Waals surface area (Å²) in [6.07, 6.45) is -2.72. The third-order valence-electron chi connectivity index (χ3n) is 6.23. The van der Waals surface area contributed by atoms with E-state index in [1.165, 1.54) is 12.1 Å². The molecule has 9 heteroatoms. The Morgan fingerprint density at radius 1 is 1.09 bits per heavy atom. The van der Waals surface area contributed by atoms with Gasteiger partial charge in [-0.25, -0.2) is 0 Å². The largest absolute Gasteiger partial charge is 0.418 e. The molecule has 5 nitrogen and oxygen atoms in total. The smallest absolute Gasteiger partial charge is 0.352 e. The van der Waals surface area contributed by atoms with E-state index in [0.29, 0.717) is 11.7 Å². The highest BCUT2D eigenvalue weighted by Gasteiger charge is 2.42.